The number of hydrogen-bond donors (Lipinski definition) is 2. The highest BCUT2D eigenvalue weighted by atomic mass is 35.5. The van der Waals surface area contributed by atoms with Crippen LogP contribution in [0.25, 0.3) is 0 Å². The van der Waals surface area contributed by atoms with E-state index in [1.165, 1.54) is 11.8 Å². The van der Waals surface area contributed by atoms with Crippen LogP contribution in [0.5, 0.6) is 5.75 Å². The van der Waals surface area contributed by atoms with Gasteiger partial charge in [0.2, 0.25) is 11.1 Å². The molecule has 1 aromatic heterocycles. The molecule has 0 fully saturated rings. The topological polar surface area (TPSA) is 81.1 Å². The molecule has 0 aliphatic carbocycles. The summed E-state index contributed by atoms with van der Waals surface area (Å²) in [6, 6.07) is 14.6. The number of nitrogens with zero attached hydrogens (tertiary/aromatic N) is 3. The number of halogens is 1. The zero-order valence-electron chi connectivity index (χ0n) is 17.3. The highest BCUT2D eigenvalue weighted by Crippen LogP contribution is 2.38. The van der Waals surface area contributed by atoms with Crippen LogP contribution in [0.2, 0.25) is 5.02 Å². The Morgan fingerprint density at radius 3 is 2.58 bits per heavy atom. The van der Waals surface area contributed by atoms with Crippen molar-refractivity contribution in [3.05, 3.63) is 64.9 Å². The lowest BCUT2D eigenvalue weighted by atomic mass is 10.0. The fourth-order valence-corrected chi connectivity index (χ4v) is 4.64. The Bertz CT molecular complexity index is 1040. The van der Waals surface area contributed by atoms with Crippen LogP contribution in [-0.2, 0) is 11.2 Å². The number of anilines is 1. The quantitative estimate of drug-likeness (QED) is 0.536. The summed E-state index contributed by atoms with van der Waals surface area (Å²) in [5.41, 5.74) is 5.13. The molecule has 1 aliphatic heterocycles. The van der Waals surface area contributed by atoms with Gasteiger partial charge in [0.1, 0.15) is 11.0 Å². The van der Waals surface area contributed by atoms with E-state index in [2.05, 4.69) is 27.9 Å². The Morgan fingerprint density at radius 1 is 1.16 bits per heavy atom. The monoisotopic (exact) mass is 457 g/mol. The maximum absolute atomic E-state index is 13.3. The minimum absolute atomic E-state index is 0.118. The first-order chi connectivity index (χ1) is 15.1. The van der Waals surface area contributed by atoms with Crippen molar-refractivity contribution in [2.24, 2.45) is 0 Å². The average Bonchev–Trinajstić information content (AvgIpc) is 3.17. The average molecular weight is 458 g/mol. The number of hydrogen-bond acceptors (Lipinski definition) is 6. The maximum Gasteiger partial charge on any atom is 0.240 e. The third-order valence-electron chi connectivity index (χ3n) is 4.90. The van der Waals surface area contributed by atoms with Gasteiger partial charge in [0.25, 0.3) is 0 Å². The molecule has 9 heteroatoms. The number of amides is 1. The molecule has 0 radical (unpaired) electrons. The number of thioether (sulfide) groups is 1. The standard InChI is InChI=1S/C22H24ClN5O2S/c1-3-5-18-25-26-22-28(18)27-19(14-6-8-15(23)9-7-14)20(31-22)21(29)24-16-10-12-17(13-11-16)30-4-2/h6-13,19-20,27H,3-5H2,1-2H3,(H,24,29)/t19-,20+/m0/s1. The molecule has 31 heavy (non-hydrogen) atoms. The molecule has 1 amide bonds. The molecular formula is C22H24ClN5O2S. The normalized spacial score (nSPS) is 17.5. The molecule has 0 saturated heterocycles. The lowest BCUT2D eigenvalue weighted by Gasteiger charge is -2.33. The Labute approximate surface area is 190 Å². The number of carbonyl (C=O) groups is 1. The Hall–Kier alpha value is -2.71. The summed E-state index contributed by atoms with van der Waals surface area (Å²) >= 11 is 7.49. The van der Waals surface area contributed by atoms with Crippen molar-refractivity contribution in [2.45, 2.75) is 43.1 Å². The van der Waals surface area contributed by atoms with Crippen molar-refractivity contribution in [3.63, 3.8) is 0 Å². The Balaban J connectivity index is 1.60. The second-order valence-corrected chi connectivity index (χ2v) is 8.67. The van der Waals surface area contributed by atoms with E-state index in [4.69, 9.17) is 16.3 Å². The minimum Gasteiger partial charge on any atom is -0.494 e. The summed E-state index contributed by atoms with van der Waals surface area (Å²) < 4.78 is 7.37. The number of carbonyl (C=O) groups excluding carboxylic acids is 1. The van der Waals surface area contributed by atoms with Crippen LogP contribution in [0, 0.1) is 0 Å². The van der Waals surface area contributed by atoms with Gasteiger partial charge in [-0.05, 0) is 55.3 Å². The van der Waals surface area contributed by atoms with Gasteiger partial charge < -0.3 is 15.5 Å². The molecule has 4 rings (SSSR count). The van der Waals surface area contributed by atoms with Gasteiger partial charge in [-0.25, -0.2) is 4.68 Å². The minimum atomic E-state index is -0.445. The van der Waals surface area contributed by atoms with Gasteiger partial charge in [-0.15, -0.1) is 10.2 Å². The van der Waals surface area contributed by atoms with Gasteiger partial charge in [-0.1, -0.05) is 42.4 Å². The van der Waals surface area contributed by atoms with Gasteiger partial charge in [0.05, 0.1) is 12.6 Å². The number of ether oxygens (including phenoxy) is 1. The molecule has 2 atom stereocenters. The molecule has 162 valence electrons. The van der Waals surface area contributed by atoms with E-state index < -0.39 is 5.25 Å². The van der Waals surface area contributed by atoms with Crippen LogP contribution < -0.4 is 15.5 Å². The van der Waals surface area contributed by atoms with Gasteiger partial charge in [-0.3, -0.25) is 4.79 Å². The predicted molar refractivity (Wildman–Crippen MR) is 123 cm³/mol. The van der Waals surface area contributed by atoms with E-state index in [1.54, 1.807) is 0 Å². The van der Waals surface area contributed by atoms with E-state index in [-0.39, 0.29) is 11.9 Å². The number of fused-ring (bicyclic) bond motifs is 1. The van der Waals surface area contributed by atoms with Crippen LogP contribution in [-0.4, -0.2) is 32.6 Å². The van der Waals surface area contributed by atoms with E-state index in [0.29, 0.717) is 22.5 Å². The molecule has 7 nitrogen and oxygen atoms in total. The van der Waals surface area contributed by atoms with Crippen molar-refractivity contribution in [2.75, 3.05) is 17.3 Å². The fraction of sp³-hybridized carbons (Fsp3) is 0.318. The summed E-state index contributed by atoms with van der Waals surface area (Å²) in [6.45, 7) is 4.63. The Morgan fingerprint density at radius 2 is 1.90 bits per heavy atom. The van der Waals surface area contributed by atoms with E-state index >= 15 is 0 Å². The third-order valence-corrected chi connectivity index (χ3v) is 6.36. The first-order valence-electron chi connectivity index (χ1n) is 10.3. The van der Waals surface area contributed by atoms with Crippen molar-refractivity contribution in [1.29, 1.82) is 0 Å². The second kappa shape index (κ2) is 9.62. The Kier molecular flexibility index (Phi) is 6.67. The predicted octanol–water partition coefficient (Wildman–Crippen LogP) is 4.68. The highest BCUT2D eigenvalue weighted by molar-refractivity contribution is 8.00. The third kappa shape index (κ3) is 4.80. The number of nitrogens with one attached hydrogen (secondary N) is 2. The molecule has 2 N–H and O–H groups in total. The zero-order valence-corrected chi connectivity index (χ0v) is 18.9. The summed E-state index contributed by atoms with van der Waals surface area (Å²) in [4.78, 5) is 13.3. The van der Waals surface area contributed by atoms with Crippen LogP contribution in [0.3, 0.4) is 0 Å². The molecule has 2 aromatic carbocycles. The lowest BCUT2D eigenvalue weighted by Crippen LogP contribution is -2.41. The van der Waals surface area contributed by atoms with Crippen LogP contribution in [0.4, 0.5) is 5.69 Å². The summed E-state index contributed by atoms with van der Waals surface area (Å²) in [6.07, 6.45) is 1.76. The van der Waals surface area contributed by atoms with Crippen LogP contribution >= 0.6 is 23.4 Å². The number of aryl methyl sites for hydroxylation is 1. The van der Waals surface area contributed by atoms with Crippen molar-refractivity contribution >= 4 is 35.0 Å². The first kappa shape index (κ1) is 21.5. The molecule has 0 unspecified atom stereocenters. The van der Waals surface area contributed by atoms with Crippen molar-refractivity contribution in [1.82, 2.24) is 14.9 Å². The van der Waals surface area contributed by atoms with E-state index in [9.17, 15) is 4.79 Å². The van der Waals surface area contributed by atoms with Crippen LogP contribution in [0.1, 0.15) is 37.7 Å². The molecule has 1 aliphatic rings. The number of benzene rings is 2. The first-order valence-corrected chi connectivity index (χ1v) is 11.5. The van der Waals surface area contributed by atoms with Crippen molar-refractivity contribution < 1.29 is 9.53 Å². The fourth-order valence-electron chi connectivity index (χ4n) is 3.42. The zero-order chi connectivity index (χ0) is 21.8. The summed E-state index contributed by atoms with van der Waals surface area (Å²) in [7, 11) is 0. The molecule has 3 aromatic rings. The summed E-state index contributed by atoms with van der Waals surface area (Å²) in [5.74, 6) is 1.51. The molecule has 0 bridgehead atoms. The number of rotatable bonds is 7. The smallest absolute Gasteiger partial charge is 0.240 e. The maximum atomic E-state index is 13.3. The van der Waals surface area contributed by atoms with Crippen LogP contribution in [0.15, 0.2) is 53.7 Å². The molecule has 0 spiro atoms. The second-order valence-electron chi connectivity index (χ2n) is 7.13. The highest BCUT2D eigenvalue weighted by Gasteiger charge is 2.37. The lowest BCUT2D eigenvalue weighted by molar-refractivity contribution is -0.116. The number of aromatic nitrogens is 3. The van der Waals surface area contributed by atoms with Gasteiger partial charge in [-0.2, -0.15) is 0 Å². The SMILES string of the molecule is CCCc1nnc2n1N[C@@H](c1ccc(Cl)cc1)[C@H](C(=O)Nc1ccc(OCC)cc1)S2. The van der Waals surface area contributed by atoms with Gasteiger partial charge in [0.15, 0.2) is 5.82 Å². The molecule has 2 heterocycles. The van der Waals surface area contributed by atoms with Gasteiger partial charge >= 0.3 is 0 Å². The van der Waals surface area contributed by atoms with Gasteiger partial charge in [0, 0.05) is 17.1 Å². The van der Waals surface area contributed by atoms with Crippen molar-refractivity contribution in [3.8, 4) is 5.75 Å². The molecular weight excluding hydrogens is 434 g/mol. The largest absolute Gasteiger partial charge is 0.494 e. The molecule has 0 saturated carbocycles. The van der Waals surface area contributed by atoms with E-state index in [0.717, 1.165) is 30.0 Å². The summed E-state index contributed by atoms with van der Waals surface area (Å²) in [5, 5.41) is 12.5. The van der Waals surface area contributed by atoms with E-state index in [1.807, 2.05) is 60.1 Å².